The highest BCUT2D eigenvalue weighted by atomic mass is 14.6. The summed E-state index contributed by atoms with van der Waals surface area (Å²) in [6, 6.07) is 103. The summed E-state index contributed by atoms with van der Waals surface area (Å²) in [5, 5.41) is 0. The van der Waals surface area contributed by atoms with Gasteiger partial charge in [-0.25, -0.2) is 0 Å². The van der Waals surface area contributed by atoms with Gasteiger partial charge in [0.2, 0.25) is 0 Å². The van der Waals surface area contributed by atoms with Gasteiger partial charge in [0.15, 0.2) is 0 Å². The van der Waals surface area contributed by atoms with Crippen LogP contribution >= 0.6 is 0 Å². The van der Waals surface area contributed by atoms with Gasteiger partial charge < -0.3 is 0 Å². The van der Waals surface area contributed by atoms with Gasteiger partial charge in [0.25, 0.3) is 0 Å². The first-order valence-electron chi connectivity index (χ1n) is 26.6. The van der Waals surface area contributed by atoms with Gasteiger partial charge in [-0.3, -0.25) is 0 Å². The minimum absolute atomic E-state index is 0.470. The number of benzene rings is 12. The topological polar surface area (TPSA) is 0 Å². The van der Waals surface area contributed by atoms with Crippen LogP contribution in [0.2, 0.25) is 0 Å². The maximum atomic E-state index is 2.63. The zero-order valence-electron chi connectivity index (χ0n) is 40.9. The van der Waals surface area contributed by atoms with E-state index in [0.717, 1.165) is 0 Å². The highest BCUT2D eigenvalue weighted by Crippen LogP contribution is 2.68. The van der Waals surface area contributed by atoms with Crippen molar-refractivity contribution in [2.45, 2.75) is 16.2 Å². The average Bonchev–Trinajstić information content (AvgIpc) is 4.41. The Morgan fingerprint density at radius 1 is 0.160 bits per heavy atom. The largest absolute Gasteiger partial charge is 0.0731 e. The van der Waals surface area contributed by atoms with Crippen molar-refractivity contribution in [3.05, 3.63) is 334 Å². The lowest BCUT2D eigenvalue weighted by molar-refractivity contribution is 0.791. The van der Waals surface area contributed by atoms with E-state index < -0.39 is 16.2 Å². The van der Waals surface area contributed by atoms with Gasteiger partial charge in [0, 0.05) is 0 Å². The molecule has 0 nitrogen and oxygen atoms in total. The maximum absolute atomic E-state index is 2.63. The van der Waals surface area contributed by atoms with Crippen molar-refractivity contribution in [1.29, 1.82) is 0 Å². The Morgan fingerprint density at radius 3 is 0.720 bits per heavy atom. The molecule has 0 heterocycles. The van der Waals surface area contributed by atoms with Crippen molar-refractivity contribution in [1.82, 2.24) is 0 Å². The van der Waals surface area contributed by atoms with E-state index in [1.165, 1.54) is 156 Å². The summed E-state index contributed by atoms with van der Waals surface area (Å²) in [6.07, 6.45) is 0. The van der Waals surface area contributed by atoms with E-state index in [9.17, 15) is 0 Å². The molecule has 6 aliphatic rings. The lowest BCUT2D eigenvalue weighted by atomic mass is 9.67. The summed E-state index contributed by atoms with van der Waals surface area (Å²) in [5.74, 6) is 0. The Morgan fingerprint density at radius 2 is 0.387 bits per heavy atom. The van der Waals surface area contributed by atoms with Crippen molar-refractivity contribution in [3.8, 4) is 89.0 Å². The summed E-state index contributed by atoms with van der Waals surface area (Å²) in [4.78, 5) is 0. The summed E-state index contributed by atoms with van der Waals surface area (Å²) >= 11 is 0. The van der Waals surface area contributed by atoms with Crippen LogP contribution in [0.5, 0.6) is 0 Å². The number of hydrogen-bond acceptors (Lipinski definition) is 0. The Balaban J connectivity index is 0.986. The molecule has 12 aromatic rings. The molecule has 12 aromatic carbocycles. The lowest BCUT2D eigenvalue weighted by Crippen LogP contribution is -2.27. The number of rotatable bonds is 2. The Labute approximate surface area is 436 Å². The van der Waals surface area contributed by atoms with E-state index in [2.05, 4.69) is 267 Å². The maximum Gasteiger partial charge on any atom is 0.0731 e. The molecule has 0 atom stereocenters. The zero-order chi connectivity index (χ0) is 48.8. The third kappa shape index (κ3) is 4.53. The van der Waals surface area contributed by atoms with Gasteiger partial charge in [-0.2, -0.15) is 0 Å². The molecule has 0 fully saturated rings. The van der Waals surface area contributed by atoms with Gasteiger partial charge in [-0.15, -0.1) is 0 Å². The van der Waals surface area contributed by atoms with Crippen molar-refractivity contribution in [3.63, 3.8) is 0 Å². The molecule has 0 amide bonds. The minimum atomic E-state index is -0.575. The summed E-state index contributed by atoms with van der Waals surface area (Å²) in [6.45, 7) is 0. The lowest BCUT2D eigenvalue weighted by Gasteiger charge is -2.34. The fourth-order valence-corrected chi connectivity index (χ4v) is 16.2. The van der Waals surface area contributed by atoms with E-state index in [0.29, 0.717) is 0 Å². The van der Waals surface area contributed by atoms with Crippen molar-refractivity contribution in [2.75, 3.05) is 0 Å². The van der Waals surface area contributed by atoms with Crippen LogP contribution in [-0.4, -0.2) is 0 Å². The van der Waals surface area contributed by atoms with Crippen LogP contribution in [0.15, 0.2) is 267 Å². The first-order chi connectivity index (χ1) is 37.2. The standard InChI is InChI=1S/C75H44/c1-10-28-60-48(19-1)49-20-2-11-29-61(49)73(60)64-32-14-5-25-54(64)57-39-37-45(43-69(57)73)47-41-42-59-56-27-9-18-36-68(56)75(66-34-16-7-23-52(66)53-24-8-17-35-67(53)75)72(59)71(47)46-38-40-58-55-26-6-15-33-65(55)74(70(58)44-46)62-30-12-3-21-50(62)51-22-4-13-31-63(51)74/h1-44H. The molecular formula is C75H44. The smallest absolute Gasteiger partial charge is 0.0619 e. The number of hydrogen-bond donors (Lipinski definition) is 0. The molecule has 75 heavy (non-hydrogen) atoms. The first kappa shape index (κ1) is 40.2. The van der Waals surface area contributed by atoms with E-state index in [1.54, 1.807) is 0 Å². The molecule has 0 aromatic heterocycles. The highest BCUT2D eigenvalue weighted by Gasteiger charge is 2.56. The van der Waals surface area contributed by atoms with Gasteiger partial charge in [0.1, 0.15) is 0 Å². The number of fused-ring (bicyclic) bond motifs is 30. The summed E-state index contributed by atoms with van der Waals surface area (Å²) in [7, 11) is 0. The van der Waals surface area contributed by atoms with Crippen molar-refractivity contribution >= 4 is 0 Å². The normalized spacial score (nSPS) is 15.3. The second kappa shape index (κ2) is 14.0. The van der Waals surface area contributed by atoms with Gasteiger partial charge in [-0.05, 0) is 168 Å². The van der Waals surface area contributed by atoms with E-state index in [1.807, 2.05) is 0 Å². The van der Waals surface area contributed by atoms with E-state index >= 15 is 0 Å². The molecule has 0 radical (unpaired) electrons. The molecule has 18 rings (SSSR count). The third-order valence-corrected chi connectivity index (χ3v) is 18.7. The van der Waals surface area contributed by atoms with Crippen LogP contribution < -0.4 is 0 Å². The van der Waals surface area contributed by atoms with Crippen LogP contribution in [0.3, 0.4) is 0 Å². The van der Waals surface area contributed by atoms with E-state index in [4.69, 9.17) is 0 Å². The molecule has 0 saturated carbocycles. The Bertz CT molecular complexity index is 4370. The molecule has 0 saturated heterocycles. The molecule has 3 spiro atoms. The second-order valence-electron chi connectivity index (χ2n) is 21.6. The molecule has 0 heteroatoms. The van der Waals surface area contributed by atoms with Crippen LogP contribution in [0.25, 0.3) is 89.0 Å². The summed E-state index contributed by atoms with van der Waals surface area (Å²) < 4.78 is 0. The average molecular weight is 945 g/mol. The van der Waals surface area contributed by atoms with Gasteiger partial charge in [-0.1, -0.05) is 255 Å². The molecule has 0 bridgehead atoms. The quantitative estimate of drug-likeness (QED) is 0.162. The highest BCUT2D eigenvalue weighted by molar-refractivity contribution is 6.05. The van der Waals surface area contributed by atoms with Crippen LogP contribution in [0.1, 0.15) is 66.8 Å². The molecule has 0 N–H and O–H groups in total. The van der Waals surface area contributed by atoms with Crippen LogP contribution in [0.4, 0.5) is 0 Å². The fraction of sp³-hybridized carbons (Fsp3) is 0.0400. The van der Waals surface area contributed by atoms with Gasteiger partial charge >= 0.3 is 0 Å². The van der Waals surface area contributed by atoms with E-state index in [-0.39, 0.29) is 0 Å². The SMILES string of the molecule is c1ccc2c(c1)-c1ccccc1C21c2ccccc2-c2ccc(-c3ccc4c(c3-c3ccc5c(c3)C3(c6ccccc6-c6ccccc63)c3ccccc3-5)C3(c5ccccc5-c5ccccc53)c3ccccc3-4)cc21. The molecule has 0 aliphatic heterocycles. The van der Waals surface area contributed by atoms with Crippen LogP contribution in [-0.2, 0) is 16.2 Å². The Kier molecular flexibility index (Phi) is 7.51. The third-order valence-electron chi connectivity index (χ3n) is 18.7. The molecule has 344 valence electrons. The minimum Gasteiger partial charge on any atom is -0.0619 e. The molecule has 0 unspecified atom stereocenters. The second-order valence-corrected chi connectivity index (χ2v) is 21.6. The van der Waals surface area contributed by atoms with Gasteiger partial charge in [0.05, 0.1) is 16.2 Å². The molecular weight excluding hydrogens is 901 g/mol. The molecule has 6 aliphatic carbocycles. The van der Waals surface area contributed by atoms with Crippen molar-refractivity contribution in [2.24, 2.45) is 0 Å². The monoisotopic (exact) mass is 944 g/mol. The first-order valence-corrected chi connectivity index (χ1v) is 26.6. The zero-order valence-corrected chi connectivity index (χ0v) is 40.9. The predicted octanol–water partition coefficient (Wildman–Crippen LogP) is 18.1. The summed E-state index contributed by atoms with van der Waals surface area (Å²) in [5.41, 5.74) is 35.5. The fourth-order valence-electron chi connectivity index (χ4n) is 16.2. The van der Waals surface area contributed by atoms with Crippen molar-refractivity contribution < 1.29 is 0 Å². The van der Waals surface area contributed by atoms with Crippen LogP contribution in [0, 0.1) is 0 Å². The Hall–Kier alpha value is -9.36. The predicted molar refractivity (Wildman–Crippen MR) is 306 cm³/mol.